The molecule has 0 saturated carbocycles. The quantitative estimate of drug-likeness (QED) is 0.708. The van der Waals surface area contributed by atoms with Crippen LogP contribution >= 0.6 is 11.8 Å². The SMILES string of the molecule is CN(C)Cl.O=C(O)c1ccccc1. The maximum absolute atomic E-state index is 10.2. The average Bonchev–Trinajstić information content (AvgIpc) is 2.05. The van der Waals surface area contributed by atoms with E-state index in [2.05, 4.69) is 0 Å². The first-order valence-corrected chi connectivity index (χ1v) is 3.99. The van der Waals surface area contributed by atoms with Crippen LogP contribution in [-0.2, 0) is 0 Å². The van der Waals surface area contributed by atoms with E-state index in [0.717, 1.165) is 0 Å². The van der Waals surface area contributed by atoms with E-state index < -0.39 is 5.97 Å². The third-order valence-electron chi connectivity index (χ3n) is 1.02. The number of carboxylic acid groups (broad SMARTS) is 1. The minimum Gasteiger partial charge on any atom is -0.478 e. The Kier molecular flexibility index (Phi) is 5.93. The molecule has 0 fully saturated rings. The maximum Gasteiger partial charge on any atom is 0.335 e. The Bertz CT molecular complexity index is 246. The van der Waals surface area contributed by atoms with Crippen molar-refractivity contribution >= 4 is 17.7 Å². The van der Waals surface area contributed by atoms with Crippen molar-refractivity contribution in [3.8, 4) is 0 Å². The predicted molar refractivity (Wildman–Crippen MR) is 52.9 cm³/mol. The van der Waals surface area contributed by atoms with Gasteiger partial charge in [-0.25, -0.2) is 9.21 Å². The summed E-state index contributed by atoms with van der Waals surface area (Å²) in [5.74, 6) is -0.879. The molecule has 0 aliphatic rings. The Hall–Kier alpha value is -1.06. The fraction of sp³-hybridized carbons (Fsp3) is 0.222. The first-order chi connectivity index (χ1) is 6.04. The van der Waals surface area contributed by atoms with Crippen LogP contribution in [0.3, 0.4) is 0 Å². The molecule has 0 aromatic heterocycles. The molecule has 4 heteroatoms. The van der Waals surface area contributed by atoms with Gasteiger partial charge >= 0.3 is 5.97 Å². The number of aromatic carboxylic acids is 1. The summed E-state index contributed by atoms with van der Waals surface area (Å²) in [6.45, 7) is 0. The van der Waals surface area contributed by atoms with Gasteiger partial charge in [-0.15, -0.1) is 0 Å². The third kappa shape index (κ3) is 7.31. The number of halogens is 1. The molecule has 1 aromatic carbocycles. The second-order valence-corrected chi connectivity index (χ2v) is 3.13. The highest BCUT2D eigenvalue weighted by molar-refractivity contribution is 6.12. The van der Waals surface area contributed by atoms with Crippen LogP contribution in [0.15, 0.2) is 30.3 Å². The number of hydrogen-bond acceptors (Lipinski definition) is 2. The van der Waals surface area contributed by atoms with Crippen LogP contribution in [0, 0.1) is 0 Å². The van der Waals surface area contributed by atoms with Crippen LogP contribution in [-0.4, -0.2) is 29.6 Å². The van der Waals surface area contributed by atoms with Gasteiger partial charge in [0.1, 0.15) is 0 Å². The van der Waals surface area contributed by atoms with Crippen LogP contribution < -0.4 is 0 Å². The number of benzene rings is 1. The molecule has 1 rings (SSSR count). The zero-order valence-electron chi connectivity index (χ0n) is 7.57. The zero-order valence-corrected chi connectivity index (χ0v) is 8.32. The van der Waals surface area contributed by atoms with Gasteiger partial charge in [0.15, 0.2) is 0 Å². The molecule has 72 valence electrons. The van der Waals surface area contributed by atoms with Gasteiger partial charge in [-0.2, -0.15) is 0 Å². The second-order valence-electron chi connectivity index (χ2n) is 2.46. The summed E-state index contributed by atoms with van der Waals surface area (Å²) in [4.78, 5) is 10.2. The predicted octanol–water partition coefficient (Wildman–Crippen LogP) is 2.09. The Morgan fingerprint density at radius 1 is 1.31 bits per heavy atom. The standard InChI is InChI=1S/C7H6O2.C2H6ClN/c8-7(9)6-4-2-1-3-5-6;1-4(2)3/h1-5H,(H,8,9);1-2H3. The highest BCUT2D eigenvalue weighted by Gasteiger charge is 1.96. The van der Waals surface area contributed by atoms with Gasteiger partial charge in [0.25, 0.3) is 0 Å². The lowest BCUT2D eigenvalue weighted by molar-refractivity contribution is 0.0697. The molecule has 0 spiro atoms. The molecule has 1 aromatic rings. The number of nitrogens with zero attached hydrogens (tertiary/aromatic N) is 1. The molecule has 0 amide bonds. The second kappa shape index (κ2) is 6.46. The fourth-order valence-corrected chi connectivity index (χ4v) is 0.581. The molecule has 0 bridgehead atoms. The van der Waals surface area contributed by atoms with E-state index in [4.69, 9.17) is 16.9 Å². The van der Waals surface area contributed by atoms with Gasteiger partial charge in [-0.3, -0.25) is 0 Å². The van der Waals surface area contributed by atoms with Gasteiger partial charge in [0, 0.05) is 14.1 Å². The van der Waals surface area contributed by atoms with Crippen LogP contribution in [0.25, 0.3) is 0 Å². The molecule has 0 heterocycles. The van der Waals surface area contributed by atoms with E-state index >= 15 is 0 Å². The Labute approximate surface area is 82.7 Å². The largest absolute Gasteiger partial charge is 0.478 e. The normalized spacial score (nSPS) is 8.92. The Morgan fingerprint density at radius 3 is 1.92 bits per heavy atom. The molecule has 1 N–H and O–H groups in total. The summed E-state index contributed by atoms with van der Waals surface area (Å²) in [6, 6.07) is 8.30. The lowest BCUT2D eigenvalue weighted by Gasteiger charge is -1.88. The topological polar surface area (TPSA) is 40.5 Å². The highest BCUT2D eigenvalue weighted by Crippen LogP contribution is 1.96. The van der Waals surface area contributed by atoms with Crippen molar-refractivity contribution in [1.29, 1.82) is 0 Å². The van der Waals surface area contributed by atoms with E-state index in [1.807, 2.05) is 0 Å². The Balaban J connectivity index is 0.000000310. The first kappa shape index (κ1) is 11.9. The van der Waals surface area contributed by atoms with Crippen molar-refractivity contribution in [2.75, 3.05) is 14.1 Å². The molecule has 0 unspecified atom stereocenters. The number of rotatable bonds is 1. The van der Waals surface area contributed by atoms with Crippen molar-refractivity contribution in [2.24, 2.45) is 0 Å². The summed E-state index contributed by atoms with van der Waals surface area (Å²) in [6.07, 6.45) is 0. The fourth-order valence-electron chi connectivity index (χ4n) is 0.581. The van der Waals surface area contributed by atoms with Gasteiger partial charge < -0.3 is 5.11 Å². The van der Waals surface area contributed by atoms with E-state index in [0.29, 0.717) is 5.56 Å². The van der Waals surface area contributed by atoms with Gasteiger partial charge in [0.2, 0.25) is 0 Å². The van der Waals surface area contributed by atoms with Crippen molar-refractivity contribution in [1.82, 2.24) is 4.42 Å². The minimum atomic E-state index is -0.879. The number of hydrogen-bond donors (Lipinski definition) is 1. The van der Waals surface area contributed by atoms with E-state index in [1.165, 1.54) is 4.42 Å². The molecular formula is C9H12ClNO2. The summed E-state index contributed by atoms with van der Waals surface area (Å²) in [5.41, 5.74) is 0.331. The van der Waals surface area contributed by atoms with Crippen LogP contribution in [0.2, 0.25) is 0 Å². The van der Waals surface area contributed by atoms with E-state index in [9.17, 15) is 4.79 Å². The van der Waals surface area contributed by atoms with Gasteiger partial charge in [-0.1, -0.05) is 18.2 Å². The lowest BCUT2D eigenvalue weighted by Crippen LogP contribution is -1.93. The van der Waals surface area contributed by atoms with Crippen molar-refractivity contribution in [2.45, 2.75) is 0 Å². The highest BCUT2D eigenvalue weighted by atomic mass is 35.5. The summed E-state index contributed by atoms with van der Waals surface area (Å²) in [5, 5.41) is 8.38. The molecular weight excluding hydrogens is 190 g/mol. The zero-order chi connectivity index (χ0) is 10.3. The number of carbonyl (C=O) groups is 1. The number of carboxylic acids is 1. The van der Waals surface area contributed by atoms with Gasteiger partial charge in [0.05, 0.1) is 5.56 Å². The molecule has 0 saturated heterocycles. The van der Waals surface area contributed by atoms with Crippen molar-refractivity contribution in [3.63, 3.8) is 0 Å². The summed E-state index contributed by atoms with van der Waals surface area (Å²) in [7, 11) is 3.53. The lowest BCUT2D eigenvalue weighted by atomic mass is 10.2. The summed E-state index contributed by atoms with van der Waals surface area (Å²) < 4.78 is 1.47. The monoisotopic (exact) mass is 201 g/mol. The van der Waals surface area contributed by atoms with Crippen molar-refractivity contribution < 1.29 is 9.90 Å². The molecule has 13 heavy (non-hydrogen) atoms. The molecule has 0 aliphatic heterocycles. The average molecular weight is 202 g/mol. The Morgan fingerprint density at radius 2 is 1.69 bits per heavy atom. The molecule has 0 atom stereocenters. The van der Waals surface area contributed by atoms with E-state index in [1.54, 1.807) is 44.4 Å². The third-order valence-corrected chi connectivity index (χ3v) is 1.02. The van der Waals surface area contributed by atoms with Crippen LogP contribution in [0.4, 0.5) is 0 Å². The van der Waals surface area contributed by atoms with Crippen LogP contribution in [0.1, 0.15) is 10.4 Å². The maximum atomic E-state index is 10.2. The summed E-state index contributed by atoms with van der Waals surface area (Å²) >= 11 is 5.11. The molecule has 0 aliphatic carbocycles. The van der Waals surface area contributed by atoms with Crippen molar-refractivity contribution in [3.05, 3.63) is 35.9 Å². The van der Waals surface area contributed by atoms with Gasteiger partial charge in [-0.05, 0) is 23.9 Å². The minimum absolute atomic E-state index is 0.331. The molecule has 3 nitrogen and oxygen atoms in total. The smallest absolute Gasteiger partial charge is 0.335 e. The van der Waals surface area contributed by atoms with Crippen LogP contribution in [0.5, 0.6) is 0 Å². The first-order valence-electron chi connectivity index (χ1n) is 3.65. The van der Waals surface area contributed by atoms with E-state index in [-0.39, 0.29) is 0 Å². The molecule has 0 radical (unpaired) electrons.